The van der Waals surface area contributed by atoms with Crippen LogP contribution in [0.5, 0.6) is 0 Å². The summed E-state index contributed by atoms with van der Waals surface area (Å²) in [5.74, 6) is 0.201. The van der Waals surface area contributed by atoms with Gasteiger partial charge in [0.2, 0.25) is 10.0 Å². The molecule has 3 N–H and O–H groups in total. The quantitative estimate of drug-likeness (QED) is 0.200. The Labute approximate surface area is 258 Å². The lowest BCUT2D eigenvalue weighted by atomic mass is 9.97. The number of piperidine rings is 1. The monoisotopic (exact) mass is 623 g/mol. The Balaban J connectivity index is 1.17. The van der Waals surface area contributed by atoms with Crippen LogP contribution in [0.3, 0.4) is 0 Å². The number of aromatic amines is 1. The number of rotatable bonds is 13. The smallest absolute Gasteiger partial charge is 0.268 e. The van der Waals surface area contributed by atoms with E-state index in [2.05, 4.69) is 44.1 Å². The molecule has 2 aromatic heterocycles. The summed E-state index contributed by atoms with van der Waals surface area (Å²) in [4.78, 5) is 18.8. The Morgan fingerprint density at radius 1 is 1.11 bits per heavy atom. The maximum atomic E-state index is 14.2. The van der Waals surface area contributed by atoms with E-state index in [9.17, 15) is 17.6 Å². The van der Waals surface area contributed by atoms with Gasteiger partial charge in [0.15, 0.2) is 0 Å². The lowest BCUT2D eigenvalue weighted by Crippen LogP contribution is -2.40. The van der Waals surface area contributed by atoms with Crippen LogP contribution >= 0.6 is 0 Å². The number of halogens is 1. The van der Waals surface area contributed by atoms with Crippen molar-refractivity contribution < 1.29 is 17.6 Å². The first-order valence-electron chi connectivity index (χ1n) is 15.4. The molecule has 1 aliphatic rings. The highest BCUT2D eigenvalue weighted by Gasteiger charge is 2.24. The Hall–Kier alpha value is -3.61. The second-order valence-electron chi connectivity index (χ2n) is 12.0. The first-order valence-corrected chi connectivity index (χ1v) is 16.9. The van der Waals surface area contributed by atoms with Gasteiger partial charge in [-0.25, -0.2) is 17.5 Å². The molecule has 3 heterocycles. The van der Waals surface area contributed by atoms with Crippen molar-refractivity contribution in [2.45, 2.75) is 57.9 Å². The van der Waals surface area contributed by atoms with Crippen molar-refractivity contribution >= 4 is 26.8 Å². The maximum Gasteiger partial charge on any atom is 0.268 e. The number of amides is 1. The SMILES string of the molecule is CCc1ccc(S(=O)(=O)NCCN2CCC(Cn3cc(-c4c(C(=O)NCCC(C)C)[nH]c5ccc(F)cc45)nn3)CC2)cc1. The number of hydrogen-bond acceptors (Lipinski definition) is 6. The van der Waals surface area contributed by atoms with Gasteiger partial charge in [0.1, 0.15) is 17.2 Å². The van der Waals surface area contributed by atoms with E-state index in [1.165, 1.54) is 12.1 Å². The van der Waals surface area contributed by atoms with E-state index in [4.69, 9.17) is 0 Å². The van der Waals surface area contributed by atoms with Crippen molar-refractivity contribution in [2.75, 3.05) is 32.7 Å². The lowest BCUT2D eigenvalue weighted by Gasteiger charge is -2.31. The average Bonchev–Trinajstić information content (AvgIpc) is 3.62. The largest absolute Gasteiger partial charge is 0.351 e. The average molecular weight is 624 g/mol. The van der Waals surface area contributed by atoms with Crippen LogP contribution in [0.15, 0.2) is 53.6 Å². The minimum atomic E-state index is -3.53. The highest BCUT2D eigenvalue weighted by atomic mass is 32.2. The van der Waals surface area contributed by atoms with E-state index >= 15 is 0 Å². The number of benzene rings is 2. The van der Waals surface area contributed by atoms with Gasteiger partial charge >= 0.3 is 0 Å². The number of aromatic nitrogens is 4. The first-order chi connectivity index (χ1) is 21.1. The predicted molar refractivity (Wildman–Crippen MR) is 169 cm³/mol. The summed E-state index contributed by atoms with van der Waals surface area (Å²) in [6, 6.07) is 11.4. The van der Waals surface area contributed by atoms with Crippen LogP contribution in [0.1, 0.15) is 56.1 Å². The number of carbonyl (C=O) groups excluding carboxylic acids is 1. The summed E-state index contributed by atoms with van der Waals surface area (Å²) in [5, 5.41) is 12.3. The van der Waals surface area contributed by atoms with E-state index in [-0.39, 0.29) is 16.6 Å². The van der Waals surface area contributed by atoms with E-state index in [1.807, 2.05) is 25.3 Å². The molecule has 1 fully saturated rings. The van der Waals surface area contributed by atoms with Crippen molar-refractivity contribution in [1.82, 2.24) is 34.9 Å². The molecule has 44 heavy (non-hydrogen) atoms. The molecule has 0 bridgehead atoms. The number of H-pyrrole nitrogens is 1. The second-order valence-corrected chi connectivity index (χ2v) is 13.8. The van der Waals surface area contributed by atoms with Crippen LogP contribution in [-0.2, 0) is 23.0 Å². The highest BCUT2D eigenvalue weighted by molar-refractivity contribution is 7.89. The van der Waals surface area contributed by atoms with Crippen molar-refractivity contribution in [3.8, 4) is 11.3 Å². The summed E-state index contributed by atoms with van der Waals surface area (Å²) in [7, 11) is -3.53. The maximum absolute atomic E-state index is 14.2. The van der Waals surface area contributed by atoms with Crippen LogP contribution in [0.4, 0.5) is 4.39 Å². The Bertz CT molecular complexity index is 1670. The van der Waals surface area contributed by atoms with E-state index in [0.717, 1.165) is 44.3 Å². The molecule has 0 spiro atoms. The standard InChI is InChI=1S/C32H42FN7O3S/c1-4-23-5-8-26(9-6-23)44(42,43)35-15-18-39-16-12-24(13-17-39)20-40-21-29(37-38-40)30-27-19-25(33)7-10-28(27)36-31(30)32(41)34-14-11-22(2)3/h5-10,19,21-22,24,35-36H,4,11-18,20H2,1-3H3,(H,34,41). The third-order valence-electron chi connectivity index (χ3n) is 8.30. The van der Waals surface area contributed by atoms with Gasteiger partial charge in [-0.05, 0) is 86.5 Å². The van der Waals surface area contributed by atoms with Gasteiger partial charge in [-0.15, -0.1) is 5.10 Å². The number of carbonyl (C=O) groups is 1. The van der Waals surface area contributed by atoms with Gasteiger partial charge in [0, 0.05) is 42.6 Å². The zero-order valence-electron chi connectivity index (χ0n) is 25.6. The van der Waals surface area contributed by atoms with E-state index in [0.29, 0.717) is 65.9 Å². The Morgan fingerprint density at radius 3 is 2.57 bits per heavy atom. The fourth-order valence-electron chi connectivity index (χ4n) is 5.65. The number of nitrogens with one attached hydrogen (secondary N) is 3. The molecule has 1 aliphatic heterocycles. The molecule has 0 unspecified atom stereocenters. The zero-order valence-corrected chi connectivity index (χ0v) is 26.5. The van der Waals surface area contributed by atoms with Crippen LogP contribution in [-0.4, -0.2) is 71.9 Å². The predicted octanol–water partition coefficient (Wildman–Crippen LogP) is 4.59. The minimum absolute atomic E-state index is 0.254. The van der Waals surface area contributed by atoms with Crippen molar-refractivity contribution in [1.29, 1.82) is 0 Å². The molecule has 4 aromatic rings. The van der Waals surface area contributed by atoms with E-state index in [1.54, 1.807) is 22.9 Å². The molecular formula is C32H42FN7O3S. The fraction of sp³-hybridized carbons (Fsp3) is 0.469. The van der Waals surface area contributed by atoms with Gasteiger partial charge in [0.05, 0.1) is 11.1 Å². The molecule has 0 radical (unpaired) electrons. The molecule has 1 saturated heterocycles. The topological polar surface area (TPSA) is 125 Å². The number of nitrogens with zero attached hydrogens (tertiary/aromatic N) is 4. The van der Waals surface area contributed by atoms with Crippen molar-refractivity contribution in [3.63, 3.8) is 0 Å². The lowest BCUT2D eigenvalue weighted by molar-refractivity contribution is 0.0948. The Kier molecular flexibility index (Phi) is 10.1. The number of fused-ring (bicyclic) bond motifs is 1. The van der Waals surface area contributed by atoms with Crippen LogP contribution in [0, 0.1) is 17.7 Å². The van der Waals surface area contributed by atoms with E-state index < -0.39 is 10.0 Å². The Morgan fingerprint density at radius 2 is 1.86 bits per heavy atom. The first kappa shape index (κ1) is 31.8. The van der Waals surface area contributed by atoms with Gasteiger partial charge < -0.3 is 15.2 Å². The van der Waals surface area contributed by atoms with Gasteiger partial charge in [0.25, 0.3) is 5.91 Å². The van der Waals surface area contributed by atoms with Crippen LogP contribution in [0.25, 0.3) is 22.2 Å². The zero-order chi connectivity index (χ0) is 31.3. The number of hydrogen-bond donors (Lipinski definition) is 3. The minimum Gasteiger partial charge on any atom is -0.351 e. The third-order valence-corrected chi connectivity index (χ3v) is 9.78. The normalized spacial score (nSPS) is 14.9. The van der Waals surface area contributed by atoms with Crippen LogP contribution in [0.2, 0.25) is 0 Å². The van der Waals surface area contributed by atoms with Gasteiger partial charge in [-0.1, -0.05) is 38.1 Å². The molecule has 0 atom stereocenters. The van der Waals surface area contributed by atoms with Crippen molar-refractivity contribution in [2.24, 2.45) is 11.8 Å². The summed E-state index contributed by atoms with van der Waals surface area (Å²) in [6.45, 7) is 10.2. The molecule has 236 valence electrons. The molecule has 12 heteroatoms. The van der Waals surface area contributed by atoms with Gasteiger partial charge in [-0.3, -0.25) is 9.48 Å². The summed E-state index contributed by atoms with van der Waals surface area (Å²) >= 11 is 0. The van der Waals surface area contributed by atoms with Gasteiger partial charge in [-0.2, -0.15) is 0 Å². The molecular weight excluding hydrogens is 581 g/mol. The summed E-state index contributed by atoms with van der Waals surface area (Å²) < 4.78 is 44.0. The molecule has 0 saturated carbocycles. The van der Waals surface area contributed by atoms with Crippen LogP contribution < -0.4 is 10.0 Å². The third kappa shape index (κ3) is 7.72. The molecule has 10 nitrogen and oxygen atoms in total. The van der Waals surface area contributed by atoms with Crippen molar-refractivity contribution in [3.05, 3.63) is 65.7 Å². The number of sulfonamides is 1. The molecule has 0 aliphatic carbocycles. The number of likely N-dealkylation sites (tertiary alicyclic amines) is 1. The molecule has 5 rings (SSSR count). The fourth-order valence-corrected chi connectivity index (χ4v) is 6.67. The highest BCUT2D eigenvalue weighted by Crippen LogP contribution is 2.32. The second kappa shape index (κ2) is 14.0. The summed E-state index contributed by atoms with van der Waals surface area (Å²) in [5.41, 5.74) is 3.18. The molecule has 1 amide bonds. The number of aryl methyl sites for hydroxylation is 1. The summed E-state index contributed by atoms with van der Waals surface area (Å²) in [6.07, 6.45) is 5.44. The molecule has 2 aromatic carbocycles.